The number of amides is 1. The summed E-state index contributed by atoms with van der Waals surface area (Å²) in [7, 11) is -3.60. The molecule has 122 valence electrons. The summed E-state index contributed by atoms with van der Waals surface area (Å²) in [5, 5.41) is 4.14. The molecule has 9 heteroatoms. The number of carbonyl (C=O) groups is 2. The highest BCUT2D eigenvalue weighted by molar-refractivity contribution is 7.91. The molecule has 1 unspecified atom stereocenters. The molecule has 0 aliphatic heterocycles. The van der Waals surface area contributed by atoms with E-state index in [9.17, 15) is 18.0 Å². The van der Waals surface area contributed by atoms with Crippen molar-refractivity contribution in [1.82, 2.24) is 10.0 Å². The van der Waals surface area contributed by atoms with Gasteiger partial charge in [0.05, 0.1) is 6.42 Å². The lowest BCUT2D eigenvalue weighted by Gasteiger charge is -2.12. The maximum absolute atomic E-state index is 11.8. The minimum atomic E-state index is -3.60. The predicted octanol–water partition coefficient (Wildman–Crippen LogP) is 0.650. The van der Waals surface area contributed by atoms with Crippen LogP contribution in [0.15, 0.2) is 34.4 Å². The van der Waals surface area contributed by atoms with Gasteiger partial charge in [-0.15, -0.1) is 17.9 Å². The van der Waals surface area contributed by atoms with Crippen LogP contribution in [0.5, 0.6) is 0 Å². The summed E-state index contributed by atoms with van der Waals surface area (Å²) in [6.07, 6.45) is 0.400. The van der Waals surface area contributed by atoms with Gasteiger partial charge in [0.25, 0.3) is 5.91 Å². The van der Waals surface area contributed by atoms with Crippen LogP contribution in [0.4, 0.5) is 0 Å². The van der Waals surface area contributed by atoms with E-state index in [1.54, 1.807) is 11.4 Å². The Balaban J connectivity index is 2.34. The Labute approximate surface area is 133 Å². The number of rotatable bonds is 9. The summed E-state index contributed by atoms with van der Waals surface area (Å²) in [5.41, 5.74) is 0. The van der Waals surface area contributed by atoms with E-state index in [2.05, 4.69) is 16.6 Å². The van der Waals surface area contributed by atoms with E-state index < -0.39 is 28.0 Å². The fraction of sp³-hybridized carbons (Fsp3) is 0.385. The normalized spacial score (nSPS) is 12.4. The van der Waals surface area contributed by atoms with Gasteiger partial charge in [-0.3, -0.25) is 9.59 Å². The Morgan fingerprint density at radius 1 is 1.50 bits per heavy atom. The van der Waals surface area contributed by atoms with Crippen LogP contribution in [-0.4, -0.2) is 39.5 Å². The maximum atomic E-state index is 11.8. The molecule has 1 atom stereocenters. The molecule has 0 aliphatic carbocycles. The zero-order chi connectivity index (χ0) is 16.6. The second kappa shape index (κ2) is 8.66. The quantitative estimate of drug-likeness (QED) is 0.505. The number of hydrogen-bond donors (Lipinski definition) is 2. The van der Waals surface area contributed by atoms with Crippen molar-refractivity contribution in [3.8, 4) is 0 Å². The van der Waals surface area contributed by atoms with Crippen molar-refractivity contribution in [2.75, 3.05) is 13.1 Å². The van der Waals surface area contributed by atoms with Gasteiger partial charge in [-0.1, -0.05) is 12.1 Å². The summed E-state index contributed by atoms with van der Waals surface area (Å²) in [6, 6.07) is 3.09. The van der Waals surface area contributed by atoms with Crippen LogP contribution in [0.2, 0.25) is 0 Å². The van der Waals surface area contributed by atoms with Gasteiger partial charge < -0.3 is 10.1 Å². The van der Waals surface area contributed by atoms with E-state index in [0.29, 0.717) is 0 Å². The summed E-state index contributed by atoms with van der Waals surface area (Å²) in [4.78, 5) is 23.0. The summed E-state index contributed by atoms with van der Waals surface area (Å²) < 4.78 is 31.0. The van der Waals surface area contributed by atoms with E-state index in [1.807, 2.05) is 0 Å². The van der Waals surface area contributed by atoms with E-state index in [4.69, 9.17) is 4.74 Å². The molecule has 0 aromatic carbocycles. The van der Waals surface area contributed by atoms with Crippen molar-refractivity contribution in [3.05, 3.63) is 30.2 Å². The Morgan fingerprint density at radius 2 is 2.23 bits per heavy atom. The number of hydrogen-bond acceptors (Lipinski definition) is 6. The second-order valence-electron chi connectivity index (χ2n) is 4.25. The van der Waals surface area contributed by atoms with Crippen molar-refractivity contribution < 1.29 is 22.7 Å². The largest absolute Gasteiger partial charge is 0.453 e. The minimum Gasteiger partial charge on any atom is -0.453 e. The number of sulfonamides is 1. The van der Waals surface area contributed by atoms with Gasteiger partial charge in [-0.2, -0.15) is 0 Å². The number of ether oxygens (including phenoxy) is 1. The molecule has 0 saturated heterocycles. The van der Waals surface area contributed by atoms with Crippen LogP contribution in [0.3, 0.4) is 0 Å². The van der Waals surface area contributed by atoms with E-state index in [0.717, 1.165) is 11.3 Å². The zero-order valence-electron chi connectivity index (χ0n) is 12.1. The molecule has 1 amide bonds. The van der Waals surface area contributed by atoms with Crippen LogP contribution >= 0.6 is 11.3 Å². The molecule has 0 radical (unpaired) electrons. The molecule has 0 aliphatic rings. The van der Waals surface area contributed by atoms with Crippen LogP contribution in [0, 0.1) is 0 Å². The van der Waals surface area contributed by atoms with E-state index in [-0.39, 0.29) is 23.7 Å². The van der Waals surface area contributed by atoms with Gasteiger partial charge in [-0.05, 0) is 18.4 Å². The molecule has 0 bridgehead atoms. The highest BCUT2D eigenvalue weighted by Gasteiger charge is 2.18. The van der Waals surface area contributed by atoms with Crippen molar-refractivity contribution >= 4 is 33.2 Å². The third-order valence-electron chi connectivity index (χ3n) is 2.48. The smallest absolute Gasteiger partial charge is 0.307 e. The second-order valence-corrected chi connectivity index (χ2v) is 7.19. The Bertz CT molecular complexity index is 610. The van der Waals surface area contributed by atoms with Gasteiger partial charge in [0.1, 0.15) is 4.21 Å². The van der Waals surface area contributed by atoms with Crippen LogP contribution in [-0.2, 0) is 24.3 Å². The van der Waals surface area contributed by atoms with Crippen LogP contribution in [0.1, 0.15) is 13.3 Å². The number of nitrogens with one attached hydrogen (secondary N) is 2. The van der Waals surface area contributed by atoms with E-state index in [1.165, 1.54) is 19.1 Å². The van der Waals surface area contributed by atoms with Crippen molar-refractivity contribution in [2.24, 2.45) is 0 Å². The van der Waals surface area contributed by atoms with Crippen LogP contribution < -0.4 is 10.0 Å². The molecule has 2 N–H and O–H groups in total. The molecular formula is C13H18N2O5S2. The summed E-state index contributed by atoms with van der Waals surface area (Å²) >= 11 is 1.08. The molecule has 0 saturated carbocycles. The molecule has 0 fully saturated rings. The lowest BCUT2D eigenvalue weighted by molar-refractivity contribution is -0.154. The first kappa shape index (κ1) is 18.3. The maximum Gasteiger partial charge on any atom is 0.307 e. The van der Waals surface area contributed by atoms with Crippen molar-refractivity contribution in [1.29, 1.82) is 0 Å². The average molecular weight is 346 g/mol. The lowest BCUT2D eigenvalue weighted by atomic mass is 10.3. The van der Waals surface area contributed by atoms with Crippen molar-refractivity contribution in [2.45, 2.75) is 23.7 Å². The first-order valence-corrected chi connectivity index (χ1v) is 8.84. The highest BCUT2D eigenvalue weighted by atomic mass is 32.2. The summed E-state index contributed by atoms with van der Waals surface area (Å²) in [5.74, 6) is -1.09. The molecule has 7 nitrogen and oxygen atoms in total. The molecular weight excluding hydrogens is 328 g/mol. The van der Waals surface area contributed by atoms with Crippen LogP contribution in [0.25, 0.3) is 0 Å². The fourth-order valence-electron chi connectivity index (χ4n) is 1.40. The van der Waals surface area contributed by atoms with Gasteiger partial charge >= 0.3 is 5.97 Å². The molecule has 1 heterocycles. The first-order valence-electron chi connectivity index (χ1n) is 6.48. The van der Waals surface area contributed by atoms with Gasteiger partial charge in [-0.25, -0.2) is 13.1 Å². The molecule has 1 rings (SSSR count). The topological polar surface area (TPSA) is 102 Å². The Kier molecular flexibility index (Phi) is 7.22. The zero-order valence-corrected chi connectivity index (χ0v) is 13.7. The van der Waals surface area contributed by atoms with Gasteiger partial charge in [0.2, 0.25) is 10.0 Å². The SMILES string of the molecule is C=CCNC(=O)C(C)OC(=O)CCNS(=O)(=O)c1cccs1. The highest BCUT2D eigenvalue weighted by Crippen LogP contribution is 2.15. The minimum absolute atomic E-state index is 0.0972. The fourth-order valence-corrected chi connectivity index (χ4v) is 3.47. The average Bonchev–Trinajstić information content (AvgIpc) is 2.99. The van der Waals surface area contributed by atoms with Gasteiger partial charge in [0, 0.05) is 13.1 Å². The molecule has 22 heavy (non-hydrogen) atoms. The molecule has 1 aromatic heterocycles. The number of thiophene rings is 1. The van der Waals surface area contributed by atoms with E-state index >= 15 is 0 Å². The monoisotopic (exact) mass is 346 g/mol. The molecule has 1 aromatic rings. The third-order valence-corrected chi connectivity index (χ3v) is 5.34. The standard InChI is InChI=1S/C13H18N2O5S2/c1-3-7-14-13(17)10(2)20-11(16)6-8-15-22(18,19)12-5-4-9-21-12/h3-5,9-10,15H,1,6-8H2,2H3,(H,14,17). The van der Waals surface area contributed by atoms with Crippen molar-refractivity contribution in [3.63, 3.8) is 0 Å². The number of carbonyl (C=O) groups excluding carboxylic acids is 2. The first-order chi connectivity index (χ1) is 10.4. The lowest BCUT2D eigenvalue weighted by Crippen LogP contribution is -2.36. The van der Waals surface area contributed by atoms with Gasteiger partial charge in [0.15, 0.2) is 6.10 Å². The Morgan fingerprint density at radius 3 is 2.82 bits per heavy atom. The Hall–Kier alpha value is -1.71. The molecule has 0 spiro atoms. The number of esters is 1. The summed E-state index contributed by atoms with van der Waals surface area (Å²) in [6.45, 7) is 5.07. The third kappa shape index (κ3) is 5.96. The predicted molar refractivity (Wildman–Crippen MR) is 82.9 cm³/mol.